The molecule has 14 heavy (non-hydrogen) atoms. The highest BCUT2D eigenvalue weighted by Gasteiger charge is 2.01. The van der Waals surface area contributed by atoms with E-state index in [0.717, 1.165) is 0 Å². The molecule has 0 unspecified atom stereocenters. The van der Waals surface area contributed by atoms with Gasteiger partial charge in [0.05, 0.1) is 0 Å². The van der Waals surface area contributed by atoms with Crippen LogP contribution in [0.25, 0.3) is 0 Å². The number of anilines is 2. The molecule has 0 saturated carbocycles. The second-order valence-corrected chi connectivity index (χ2v) is 2.81. The van der Waals surface area contributed by atoms with E-state index in [1.165, 1.54) is 0 Å². The SMILES string of the molecule is CCOCC(=O)Nc1cccc(N)c1. The quantitative estimate of drug-likeness (QED) is 0.709. The summed E-state index contributed by atoms with van der Waals surface area (Å²) >= 11 is 0. The highest BCUT2D eigenvalue weighted by Crippen LogP contribution is 2.11. The summed E-state index contributed by atoms with van der Waals surface area (Å²) in [7, 11) is 0. The van der Waals surface area contributed by atoms with Gasteiger partial charge in [-0.1, -0.05) is 6.07 Å². The van der Waals surface area contributed by atoms with Gasteiger partial charge in [-0.2, -0.15) is 0 Å². The number of hydrogen-bond donors (Lipinski definition) is 2. The molecule has 0 atom stereocenters. The van der Waals surface area contributed by atoms with Crippen LogP contribution in [-0.2, 0) is 9.53 Å². The maximum atomic E-state index is 11.2. The summed E-state index contributed by atoms with van der Waals surface area (Å²) in [6.45, 7) is 2.45. The lowest BCUT2D eigenvalue weighted by atomic mass is 10.3. The summed E-state index contributed by atoms with van der Waals surface area (Å²) in [5.74, 6) is -0.169. The van der Waals surface area contributed by atoms with Crippen molar-refractivity contribution in [3.05, 3.63) is 24.3 Å². The second kappa shape index (κ2) is 5.24. The number of hydrogen-bond acceptors (Lipinski definition) is 3. The van der Waals surface area contributed by atoms with Gasteiger partial charge in [-0.3, -0.25) is 4.79 Å². The molecule has 0 aliphatic carbocycles. The Morgan fingerprint density at radius 1 is 1.57 bits per heavy atom. The number of rotatable bonds is 4. The van der Waals surface area contributed by atoms with Crippen LogP contribution in [-0.4, -0.2) is 19.1 Å². The fourth-order valence-corrected chi connectivity index (χ4v) is 1.01. The van der Waals surface area contributed by atoms with E-state index < -0.39 is 0 Å². The van der Waals surface area contributed by atoms with Gasteiger partial charge in [0.25, 0.3) is 0 Å². The Labute approximate surface area is 83.1 Å². The van der Waals surface area contributed by atoms with Gasteiger partial charge in [-0.25, -0.2) is 0 Å². The summed E-state index contributed by atoms with van der Waals surface area (Å²) in [5, 5.41) is 2.67. The monoisotopic (exact) mass is 194 g/mol. The van der Waals surface area contributed by atoms with E-state index in [0.29, 0.717) is 18.0 Å². The first-order valence-corrected chi connectivity index (χ1v) is 4.45. The molecule has 0 fully saturated rings. The Balaban J connectivity index is 2.47. The Morgan fingerprint density at radius 3 is 3.00 bits per heavy atom. The molecule has 0 heterocycles. The molecule has 0 aromatic heterocycles. The van der Waals surface area contributed by atoms with Crippen molar-refractivity contribution in [1.82, 2.24) is 0 Å². The third-order valence-electron chi connectivity index (χ3n) is 1.61. The van der Waals surface area contributed by atoms with Crippen molar-refractivity contribution in [3.63, 3.8) is 0 Å². The Bertz CT molecular complexity index is 313. The number of nitrogens with one attached hydrogen (secondary N) is 1. The van der Waals surface area contributed by atoms with Crippen LogP contribution in [0.15, 0.2) is 24.3 Å². The zero-order chi connectivity index (χ0) is 10.4. The van der Waals surface area contributed by atoms with E-state index in [-0.39, 0.29) is 12.5 Å². The fraction of sp³-hybridized carbons (Fsp3) is 0.300. The van der Waals surface area contributed by atoms with E-state index >= 15 is 0 Å². The first kappa shape index (κ1) is 10.5. The van der Waals surface area contributed by atoms with Crippen LogP contribution in [0.4, 0.5) is 11.4 Å². The van der Waals surface area contributed by atoms with Crippen molar-refractivity contribution in [2.45, 2.75) is 6.92 Å². The first-order valence-electron chi connectivity index (χ1n) is 4.45. The predicted molar refractivity (Wildman–Crippen MR) is 56.0 cm³/mol. The topological polar surface area (TPSA) is 64.3 Å². The van der Waals surface area contributed by atoms with Crippen molar-refractivity contribution >= 4 is 17.3 Å². The summed E-state index contributed by atoms with van der Waals surface area (Å²) < 4.78 is 4.95. The average molecular weight is 194 g/mol. The third-order valence-corrected chi connectivity index (χ3v) is 1.61. The normalized spacial score (nSPS) is 9.79. The molecular weight excluding hydrogens is 180 g/mol. The average Bonchev–Trinajstić information content (AvgIpc) is 2.15. The smallest absolute Gasteiger partial charge is 0.250 e. The molecule has 1 aromatic rings. The molecule has 0 saturated heterocycles. The van der Waals surface area contributed by atoms with Crippen LogP contribution in [0.2, 0.25) is 0 Å². The summed E-state index contributed by atoms with van der Waals surface area (Å²) in [6.07, 6.45) is 0. The number of amides is 1. The predicted octanol–water partition coefficient (Wildman–Crippen LogP) is 1.24. The van der Waals surface area contributed by atoms with E-state index in [4.69, 9.17) is 10.5 Å². The van der Waals surface area contributed by atoms with E-state index in [1.54, 1.807) is 24.3 Å². The van der Waals surface area contributed by atoms with Gasteiger partial charge in [-0.05, 0) is 25.1 Å². The van der Waals surface area contributed by atoms with Gasteiger partial charge < -0.3 is 15.8 Å². The number of nitrogens with two attached hydrogens (primary N) is 1. The molecule has 4 heteroatoms. The van der Waals surface area contributed by atoms with Crippen molar-refractivity contribution in [2.75, 3.05) is 24.3 Å². The van der Waals surface area contributed by atoms with Crippen LogP contribution in [0, 0.1) is 0 Å². The highest BCUT2D eigenvalue weighted by molar-refractivity contribution is 5.92. The van der Waals surface area contributed by atoms with Crippen LogP contribution < -0.4 is 11.1 Å². The van der Waals surface area contributed by atoms with Gasteiger partial charge in [-0.15, -0.1) is 0 Å². The van der Waals surface area contributed by atoms with Crippen LogP contribution >= 0.6 is 0 Å². The van der Waals surface area contributed by atoms with Crippen molar-refractivity contribution in [3.8, 4) is 0 Å². The maximum absolute atomic E-state index is 11.2. The summed E-state index contributed by atoms with van der Waals surface area (Å²) in [6, 6.07) is 7.02. The molecule has 76 valence electrons. The molecule has 1 amide bonds. The Hall–Kier alpha value is -1.55. The van der Waals surface area contributed by atoms with E-state index in [9.17, 15) is 4.79 Å². The number of carbonyl (C=O) groups is 1. The summed E-state index contributed by atoms with van der Waals surface area (Å²) in [5.41, 5.74) is 6.87. The second-order valence-electron chi connectivity index (χ2n) is 2.81. The van der Waals surface area contributed by atoms with Crippen LogP contribution in [0.1, 0.15) is 6.92 Å². The van der Waals surface area contributed by atoms with Crippen LogP contribution in [0.5, 0.6) is 0 Å². The molecular formula is C10H14N2O2. The molecule has 0 spiro atoms. The minimum atomic E-state index is -0.169. The minimum Gasteiger partial charge on any atom is -0.399 e. The lowest BCUT2D eigenvalue weighted by Crippen LogP contribution is -2.18. The molecule has 0 radical (unpaired) electrons. The zero-order valence-electron chi connectivity index (χ0n) is 8.12. The van der Waals surface area contributed by atoms with Gasteiger partial charge in [0.1, 0.15) is 6.61 Å². The van der Waals surface area contributed by atoms with E-state index in [1.807, 2.05) is 6.92 Å². The summed E-state index contributed by atoms with van der Waals surface area (Å²) in [4.78, 5) is 11.2. The van der Waals surface area contributed by atoms with E-state index in [2.05, 4.69) is 5.32 Å². The fourth-order valence-electron chi connectivity index (χ4n) is 1.01. The molecule has 3 N–H and O–H groups in total. The lowest BCUT2D eigenvalue weighted by Gasteiger charge is -2.05. The van der Waals surface area contributed by atoms with Gasteiger partial charge in [0.15, 0.2) is 0 Å². The molecule has 1 rings (SSSR count). The third kappa shape index (κ3) is 3.45. The largest absolute Gasteiger partial charge is 0.399 e. The Kier molecular flexibility index (Phi) is 3.94. The van der Waals surface area contributed by atoms with Gasteiger partial charge in [0, 0.05) is 18.0 Å². The first-order chi connectivity index (χ1) is 6.72. The highest BCUT2D eigenvalue weighted by atomic mass is 16.5. The number of ether oxygens (including phenoxy) is 1. The molecule has 4 nitrogen and oxygen atoms in total. The number of nitrogen functional groups attached to an aromatic ring is 1. The molecule has 1 aromatic carbocycles. The minimum absolute atomic E-state index is 0.0747. The van der Waals surface area contributed by atoms with Crippen molar-refractivity contribution < 1.29 is 9.53 Å². The van der Waals surface area contributed by atoms with Crippen molar-refractivity contribution in [1.29, 1.82) is 0 Å². The van der Waals surface area contributed by atoms with Crippen LogP contribution in [0.3, 0.4) is 0 Å². The van der Waals surface area contributed by atoms with Gasteiger partial charge >= 0.3 is 0 Å². The number of benzene rings is 1. The molecule has 0 aliphatic rings. The Morgan fingerprint density at radius 2 is 2.36 bits per heavy atom. The van der Waals surface area contributed by atoms with Crippen molar-refractivity contribution in [2.24, 2.45) is 0 Å². The van der Waals surface area contributed by atoms with Gasteiger partial charge in [0.2, 0.25) is 5.91 Å². The number of carbonyl (C=O) groups excluding carboxylic acids is 1. The standard InChI is InChI=1S/C10H14N2O2/c1-2-14-7-10(13)12-9-5-3-4-8(11)6-9/h3-6H,2,7,11H2,1H3,(H,12,13). The molecule has 0 bridgehead atoms. The lowest BCUT2D eigenvalue weighted by molar-refractivity contribution is -0.120. The zero-order valence-corrected chi connectivity index (χ0v) is 8.12. The molecule has 0 aliphatic heterocycles. The maximum Gasteiger partial charge on any atom is 0.250 e.